The summed E-state index contributed by atoms with van der Waals surface area (Å²) in [5.74, 6) is 0. The molecule has 0 aliphatic rings. The van der Waals surface area contributed by atoms with Crippen LogP contribution in [0.15, 0.2) is 12.2 Å². The van der Waals surface area contributed by atoms with E-state index in [0.717, 1.165) is 19.3 Å². The molecule has 2 atom stereocenters. The van der Waals surface area contributed by atoms with Crippen LogP contribution in [0, 0.1) is 0 Å². The van der Waals surface area contributed by atoms with Crippen molar-refractivity contribution in [3.8, 4) is 0 Å². The summed E-state index contributed by atoms with van der Waals surface area (Å²) in [6, 6.07) is 0. The van der Waals surface area contributed by atoms with Gasteiger partial charge in [0.05, 0.1) is 21.1 Å². The van der Waals surface area contributed by atoms with Crippen molar-refractivity contribution >= 4 is 8.03 Å². The van der Waals surface area contributed by atoms with Crippen LogP contribution in [-0.2, 0) is 4.57 Å². The van der Waals surface area contributed by atoms with E-state index in [-0.39, 0.29) is 0 Å². The monoisotopic (exact) mass is 428 g/mol. The van der Waals surface area contributed by atoms with Gasteiger partial charge in [-0.15, -0.1) is 0 Å². The van der Waals surface area contributed by atoms with Crippen molar-refractivity contribution < 1.29 is 13.9 Å². The Bertz CT molecular complexity index is 431. The van der Waals surface area contributed by atoms with Gasteiger partial charge in [0.25, 0.3) is 5.28 Å². The smallest absolute Gasteiger partial charge is 0.376 e. The summed E-state index contributed by atoms with van der Waals surface area (Å²) < 4.78 is 12.4. The Balaban J connectivity index is 3.64. The van der Waals surface area contributed by atoms with Crippen LogP contribution in [0.3, 0.4) is 0 Å². The van der Waals surface area contributed by atoms with Crippen LogP contribution in [0.4, 0.5) is 0 Å². The maximum absolute atomic E-state index is 11.9. The van der Waals surface area contributed by atoms with E-state index < -0.39 is 13.3 Å². The first kappa shape index (κ1) is 28.8. The number of allylic oxidation sites excluding steroid dienone is 2. The Hall–Kier alpha value is -0.240. The second-order valence-electron chi connectivity index (χ2n) is 9.65. The predicted molar refractivity (Wildman–Crippen MR) is 127 cm³/mol. The normalized spacial score (nSPS) is 15.0. The minimum atomic E-state index is -2.42. The lowest BCUT2D eigenvalue weighted by molar-refractivity contribution is -0.910. The molecule has 0 amide bonds. The highest BCUT2D eigenvalue weighted by Crippen LogP contribution is 2.44. The van der Waals surface area contributed by atoms with Gasteiger partial charge in [0.15, 0.2) is 0 Å². The molecule has 29 heavy (non-hydrogen) atoms. The maximum atomic E-state index is 11.9. The van der Waals surface area contributed by atoms with Crippen LogP contribution < -0.4 is 4.89 Å². The van der Waals surface area contributed by atoms with Gasteiger partial charge < -0.3 is 4.89 Å². The number of hydrogen-bond donors (Lipinski definition) is 0. The van der Waals surface area contributed by atoms with Gasteiger partial charge in [-0.1, -0.05) is 94.8 Å². The largest absolute Gasteiger partial charge is 0.590 e. The second-order valence-corrected chi connectivity index (χ2v) is 11.0. The molecule has 0 spiro atoms. The van der Waals surface area contributed by atoms with Gasteiger partial charge in [0, 0.05) is 12.8 Å². The summed E-state index contributed by atoms with van der Waals surface area (Å²) in [5.41, 5.74) is 0. The Kier molecular flexibility index (Phi) is 17.3. The average Bonchev–Trinajstić information content (AvgIpc) is 2.66. The summed E-state index contributed by atoms with van der Waals surface area (Å²) in [6.45, 7) is 4.28. The minimum absolute atomic E-state index is 0.504. The van der Waals surface area contributed by atoms with E-state index in [2.05, 4.69) is 19.1 Å². The van der Waals surface area contributed by atoms with Crippen LogP contribution in [-0.4, -0.2) is 30.9 Å². The van der Waals surface area contributed by atoms with E-state index in [0.29, 0.717) is 10.9 Å². The molecule has 0 saturated carbocycles. The first-order chi connectivity index (χ1) is 13.8. The predicted octanol–water partition coefficient (Wildman–Crippen LogP) is 7.72. The molecule has 0 aliphatic heterocycles. The maximum Gasteiger partial charge on any atom is 0.376 e. The molecule has 2 unspecified atom stereocenters. The van der Waals surface area contributed by atoms with Crippen molar-refractivity contribution in [1.82, 2.24) is 0 Å². The fourth-order valence-corrected chi connectivity index (χ4v) is 5.37. The van der Waals surface area contributed by atoms with Gasteiger partial charge in [0.1, 0.15) is 0 Å². The van der Waals surface area contributed by atoms with Gasteiger partial charge in [-0.25, -0.2) is 0 Å². The SMILES string of the molecule is CCCCCCCCCCC/C=C\CCCCCCC(CC)([P+](=O)[O-])[N+](C)(C)C. The average molecular weight is 429 g/mol. The summed E-state index contributed by atoms with van der Waals surface area (Å²) in [7, 11) is 3.60. The molecule has 0 saturated heterocycles. The van der Waals surface area contributed by atoms with Crippen LogP contribution >= 0.6 is 8.03 Å². The molecule has 0 aromatic rings. The molecule has 0 aromatic carbocycles. The van der Waals surface area contributed by atoms with Gasteiger partial charge in [0.2, 0.25) is 0 Å². The fraction of sp³-hybridized carbons (Fsp3) is 0.920. The zero-order valence-electron chi connectivity index (χ0n) is 20.4. The number of nitrogens with zero attached hydrogens (tertiary/aromatic N) is 1. The Labute approximate surface area is 183 Å². The lowest BCUT2D eigenvalue weighted by Crippen LogP contribution is -2.55. The standard InChI is InChI=1S/C25H51NO2P/c1-6-8-9-10-11-12-13-14-15-16-17-18-19-20-21-22-23-24-25(7-2,29(27)28)26(3,4)5/h17-18H,6-16,19-24H2,1-5H3/q+1/b18-17-. The first-order valence-corrected chi connectivity index (χ1v) is 13.6. The molecule has 0 rings (SSSR count). The van der Waals surface area contributed by atoms with Crippen molar-refractivity contribution in [2.45, 2.75) is 128 Å². The van der Waals surface area contributed by atoms with Crippen LogP contribution in [0.25, 0.3) is 0 Å². The van der Waals surface area contributed by atoms with Crippen molar-refractivity contribution in [2.24, 2.45) is 0 Å². The number of quaternary nitrogens is 1. The molecular formula is C25H51NO2P+. The Morgan fingerprint density at radius 2 is 1.14 bits per heavy atom. The third-order valence-corrected chi connectivity index (χ3v) is 8.31. The molecule has 0 bridgehead atoms. The molecule has 0 fully saturated rings. The quantitative estimate of drug-likeness (QED) is 0.0861. The van der Waals surface area contributed by atoms with Gasteiger partial charge in [-0.3, -0.25) is 4.48 Å². The topological polar surface area (TPSA) is 40.1 Å². The van der Waals surface area contributed by atoms with Crippen molar-refractivity contribution in [1.29, 1.82) is 0 Å². The Morgan fingerprint density at radius 1 is 0.724 bits per heavy atom. The first-order valence-electron chi connectivity index (χ1n) is 12.4. The molecule has 0 aliphatic carbocycles. The summed E-state index contributed by atoms with van der Waals surface area (Å²) in [4.78, 5) is 11.9. The third kappa shape index (κ3) is 12.9. The molecular weight excluding hydrogens is 377 g/mol. The van der Waals surface area contributed by atoms with Gasteiger partial charge in [-0.05, 0) is 32.1 Å². The Morgan fingerprint density at radius 3 is 1.52 bits per heavy atom. The van der Waals surface area contributed by atoms with Crippen LogP contribution in [0.1, 0.15) is 123 Å². The zero-order valence-corrected chi connectivity index (χ0v) is 21.3. The van der Waals surface area contributed by atoms with Crippen molar-refractivity contribution in [3.05, 3.63) is 12.2 Å². The minimum Gasteiger partial charge on any atom is -0.590 e. The second kappa shape index (κ2) is 17.4. The molecule has 3 nitrogen and oxygen atoms in total. The lowest BCUT2D eigenvalue weighted by Gasteiger charge is -2.39. The molecule has 0 N–H and O–H groups in total. The van der Waals surface area contributed by atoms with E-state index in [1.807, 2.05) is 28.1 Å². The van der Waals surface area contributed by atoms with E-state index in [4.69, 9.17) is 0 Å². The third-order valence-electron chi connectivity index (χ3n) is 6.49. The lowest BCUT2D eigenvalue weighted by atomic mass is 10.0. The molecule has 0 heterocycles. The van der Waals surface area contributed by atoms with E-state index in [1.165, 1.54) is 83.5 Å². The van der Waals surface area contributed by atoms with Crippen LogP contribution in [0.5, 0.6) is 0 Å². The van der Waals surface area contributed by atoms with Gasteiger partial charge >= 0.3 is 8.03 Å². The molecule has 0 radical (unpaired) electrons. The van der Waals surface area contributed by atoms with Crippen molar-refractivity contribution in [2.75, 3.05) is 21.1 Å². The molecule has 0 aromatic heterocycles. The molecule has 172 valence electrons. The number of hydrogen-bond acceptors (Lipinski definition) is 2. The highest BCUT2D eigenvalue weighted by molar-refractivity contribution is 7.38. The fourth-order valence-electron chi connectivity index (χ4n) is 4.28. The summed E-state index contributed by atoms with van der Waals surface area (Å²) in [6.07, 6.45) is 25.7. The van der Waals surface area contributed by atoms with E-state index in [9.17, 15) is 9.46 Å². The van der Waals surface area contributed by atoms with E-state index in [1.54, 1.807) is 0 Å². The summed E-state index contributed by atoms with van der Waals surface area (Å²) >= 11 is 0. The van der Waals surface area contributed by atoms with E-state index >= 15 is 0 Å². The zero-order chi connectivity index (χ0) is 22.0. The highest BCUT2D eigenvalue weighted by atomic mass is 31.1. The highest BCUT2D eigenvalue weighted by Gasteiger charge is 2.52. The van der Waals surface area contributed by atoms with Crippen LogP contribution in [0.2, 0.25) is 0 Å². The molecule has 4 heteroatoms. The number of rotatable bonds is 20. The van der Waals surface area contributed by atoms with Crippen molar-refractivity contribution in [3.63, 3.8) is 0 Å². The summed E-state index contributed by atoms with van der Waals surface area (Å²) in [5, 5.41) is -0.606. The van der Waals surface area contributed by atoms with Gasteiger partial charge in [-0.2, -0.15) is 0 Å². The number of unbranched alkanes of at least 4 members (excludes halogenated alkanes) is 13.